The minimum Gasteiger partial charge on any atom is -0.264 e. The standard InChI is InChI=1S/C10H15N2O2/c1-12(2,3)10(11(13)14)9-7-5-4-6-8-9/h4-8,10H,1-3H3/q+1. The van der Waals surface area contributed by atoms with Crippen LogP contribution >= 0.6 is 0 Å². The molecule has 0 aliphatic heterocycles. The van der Waals surface area contributed by atoms with Gasteiger partial charge in [-0.1, -0.05) is 18.2 Å². The molecule has 0 heterocycles. The minimum atomic E-state index is -0.698. The summed E-state index contributed by atoms with van der Waals surface area (Å²) < 4.78 is 0.289. The van der Waals surface area contributed by atoms with Crippen molar-refractivity contribution in [3.8, 4) is 0 Å². The molecule has 1 aromatic rings. The van der Waals surface area contributed by atoms with Crippen LogP contribution in [0.4, 0.5) is 0 Å². The molecule has 0 aliphatic carbocycles. The average molecular weight is 195 g/mol. The van der Waals surface area contributed by atoms with Crippen molar-refractivity contribution in [2.24, 2.45) is 0 Å². The number of nitrogens with zero attached hydrogens (tertiary/aromatic N) is 2. The van der Waals surface area contributed by atoms with Gasteiger partial charge in [0.2, 0.25) is 0 Å². The predicted molar refractivity (Wildman–Crippen MR) is 54.2 cm³/mol. The maximum absolute atomic E-state index is 10.9. The molecule has 4 nitrogen and oxygen atoms in total. The van der Waals surface area contributed by atoms with E-state index in [2.05, 4.69) is 0 Å². The normalized spacial score (nSPS) is 13.6. The SMILES string of the molecule is C[N+](C)(C)C(c1ccccc1)[N+](=O)[O-]. The van der Waals surface area contributed by atoms with Crippen molar-refractivity contribution >= 4 is 0 Å². The lowest BCUT2D eigenvalue weighted by atomic mass is 10.1. The molecule has 0 spiro atoms. The van der Waals surface area contributed by atoms with Crippen LogP contribution in [0.2, 0.25) is 0 Å². The molecule has 0 aliphatic rings. The van der Waals surface area contributed by atoms with Gasteiger partial charge >= 0.3 is 6.17 Å². The van der Waals surface area contributed by atoms with E-state index >= 15 is 0 Å². The first-order valence-corrected chi connectivity index (χ1v) is 4.42. The van der Waals surface area contributed by atoms with Gasteiger partial charge in [-0.05, 0) is 12.1 Å². The first kappa shape index (κ1) is 10.7. The summed E-state index contributed by atoms with van der Waals surface area (Å²) in [6, 6.07) is 9.08. The predicted octanol–water partition coefficient (Wildman–Crippen LogP) is 1.67. The summed E-state index contributed by atoms with van der Waals surface area (Å²) in [7, 11) is 5.46. The van der Waals surface area contributed by atoms with Crippen LogP contribution in [0.5, 0.6) is 0 Å². The molecule has 0 amide bonds. The van der Waals surface area contributed by atoms with Gasteiger partial charge < -0.3 is 0 Å². The van der Waals surface area contributed by atoms with Gasteiger partial charge in [0.25, 0.3) is 0 Å². The third kappa shape index (κ3) is 2.29. The van der Waals surface area contributed by atoms with Crippen LogP contribution in [0.15, 0.2) is 30.3 Å². The van der Waals surface area contributed by atoms with Crippen LogP contribution in [0.1, 0.15) is 11.7 Å². The van der Waals surface area contributed by atoms with Crippen molar-refractivity contribution in [2.75, 3.05) is 21.1 Å². The van der Waals surface area contributed by atoms with Gasteiger partial charge in [0.05, 0.1) is 31.6 Å². The van der Waals surface area contributed by atoms with Gasteiger partial charge in [0, 0.05) is 0 Å². The van der Waals surface area contributed by atoms with Gasteiger partial charge in [-0.2, -0.15) is 0 Å². The third-order valence-electron chi connectivity index (χ3n) is 2.03. The van der Waals surface area contributed by atoms with E-state index in [0.717, 1.165) is 5.56 Å². The monoisotopic (exact) mass is 195 g/mol. The van der Waals surface area contributed by atoms with Crippen molar-refractivity contribution in [1.82, 2.24) is 0 Å². The summed E-state index contributed by atoms with van der Waals surface area (Å²) in [5, 5.41) is 10.9. The molecule has 0 fully saturated rings. The summed E-state index contributed by atoms with van der Waals surface area (Å²) >= 11 is 0. The van der Waals surface area contributed by atoms with Gasteiger partial charge in [-0.25, -0.2) is 0 Å². The van der Waals surface area contributed by atoms with Crippen molar-refractivity contribution in [2.45, 2.75) is 6.17 Å². The van der Waals surface area contributed by atoms with Crippen molar-refractivity contribution < 1.29 is 9.41 Å². The van der Waals surface area contributed by atoms with Crippen LogP contribution in [0, 0.1) is 10.1 Å². The van der Waals surface area contributed by atoms with E-state index in [1.165, 1.54) is 0 Å². The van der Waals surface area contributed by atoms with E-state index in [1.54, 1.807) is 12.1 Å². The molecular formula is C10H15N2O2+. The van der Waals surface area contributed by atoms with E-state index in [-0.39, 0.29) is 9.41 Å². The Morgan fingerprint density at radius 1 is 1.21 bits per heavy atom. The lowest BCUT2D eigenvalue weighted by molar-refractivity contribution is -0.989. The lowest BCUT2D eigenvalue weighted by Gasteiger charge is -2.27. The van der Waals surface area contributed by atoms with E-state index in [4.69, 9.17) is 0 Å². The quantitative estimate of drug-likeness (QED) is 0.318. The Kier molecular flexibility index (Phi) is 2.86. The van der Waals surface area contributed by atoms with Gasteiger partial charge in [0.15, 0.2) is 0 Å². The van der Waals surface area contributed by atoms with Gasteiger partial charge in [-0.3, -0.25) is 14.6 Å². The Balaban J connectivity index is 3.08. The Morgan fingerprint density at radius 3 is 2.07 bits per heavy atom. The highest BCUT2D eigenvalue weighted by Crippen LogP contribution is 2.22. The lowest BCUT2D eigenvalue weighted by Crippen LogP contribution is -2.42. The Hall–Kier alpha value is -1.42. The van der Waals surface area contributed by atoms with Crippen LogP contribution in [0.3, 0.4) is 0 Å². The largest absolute Gasteiger partial charge is 0.362 e. The van der Waals surface area contributed by atoms with E-state index < -0.39 is 6.17 Å². The number of hydrogen-bond donors (Lipinski definition) is 0. The molecule has 1 unspecified atom stereocenters. The molecule has 0 radical (unpaired) electrons. The molecule has 0 saturated carbocycles. The second-order valence-electron chi connectivity index (χ2n) is 4.19. The molecule has 0 N–H and O–H groups in total. The highest BCUT2D eigenvalue weighted by molar-refractivity contribution is 5.15. The highest BCUT2D eigenvalue weighted by atomic mass is 16.6. The molecule has 76 valence electrons. The van der Waals surface area contributed by atoms with Gasteiger partial charge in [0.1, 0.15) is 0 Å². The zero-order valence-electron chi connectivity index (χ0n) is 8.68. The molecular weight excluding hydrogens is 180 g/mol. The van der Waals surface area contributed by atoms with Crippen molar-refractivity contribution in [3.63, 3.8) is 0 Å². The maximum atomic E-state index is 10.9. The average Bonchev–Trinajstić information content (AvgIpc) is 2.02. The fraction of sp³-hybridized carbons (Fsp3) is 0.400. The van der Waals surface area contributed by atoms with Crippen LogP contribution < -0.4 is 0 Å². The van der Waals surface area contributed by atoms with E-state index in [9.17, 15) is 10.1 Å². The molecule has 0 bridgehead atoms. The number of hydrogen-bond acceptors (Lipinski definition) is 2. The van der Waals surface area contributed by atoms with Crippen molar-refractivity contribution in [3.05, 3.63) is 46.0 Å². The number of nitro groups is 1. The summed E-state index contributed by atoms with van der Waals surface area (Å²) in [6.07, 6.45) is -0.698. The van der Waals surface area contributed by atoms with Crippen molar-refractivity contribution in [1.29, 1.82) is 0 Å². The Bertz CT molecular complexity index is 317. The summed E-state index contributed by atoms with van der Waals surface area (Å²) in [5.74, 6) is 0. The molecule has 1 atom stereocenters. The second kappa shape index (κ2) is 3.75. The molecule has 0 saturated heterocycles. The smallest absolute Gasteiger partial charge is 0.264 e. The van der Waals surface area contributed by atoms with E-state index in [0.29, 0.717) is 0 Å². The number of quaternary nitrogens is 1. The molecule has 1 rings (SSSR count). The zero-order chi connectivity index (χ0) is 10.8. The molecule has 0 aromatic heterocycles. The van der Waals surface area contributed by atoms with Crippen LogP contribution in [0.25, 0.3) is 0 Å². The van der Waals surface area contributed by atoms with Crippen LogP contribution in [-0.4, -0.2) is 30.5 Å². The maximum Gasteiger partial charge on any atom is 0.362 e. The number of rotatable bonds is 3. The topological polar surface area (TPSA) is 43.1 Å². The number of benzene rings is 1. The highest BCUT2D eigenvalue weighted by Gasteiger charge is 2.35. The minimum absolute atomic E-state index is 0.241. The Morgan fingerprint density at radius 2 is 1.71 bits per heavy atom. The van der Waals surface area contributed by atoms with Crippen LogP contribution in [-0.2, 0) is 0 Å². The fourth-order valence-corrected chi connectivity index (χ4v) is 1.48. The second-order valence-corrected chi connectivity index (χ2v) is 4.19. The summed E-state index contributed by atoms with van der Waals surface area (Å²) in [4.78, 5) is 10.7. The third-order valence-corrected chi connectivity index (χ3v) is 2.03. The van der Waals surface area contributed by atoms with E-state index in [1.807, 2.05) is 39.3 Å². The Labute approximate surface area is 83.5 Å². The molecule has 1 aromatic carbocycles. The molecule has 4 heteroatoms. The molecule has 14 heavy (non-hydrogen) atoms. The first-order valence-electron chi connectivity index (χ1n) is 4.42. The first-order chi connectivity index (χ1) is 6.43. The summed E-state index contributed by atoms with van der Waals surface area (Å²) in [5.41, 5.74) is 0.741. The zero-order valence-corrected chi connectivity index (χ0v) is 8.68. The fourth-order valence-electron chi connectivity index (χ4n) is 1.48. The summed E-state index contributed by atoms with van der Waals surface area (Å²) in [6.45, 7) is 0. The van der Waals surface area contributed by atoms with Gasteiger partial charge in [-0.15, -0.1) is 0 Å².